The Balaban J connectivity index is 3.00. The van der Waals surface area contributed by atoms with Gasteiger partial charge < -0.3 is 9.53 Å². The lowest BCUT2D eigenvalue weighted by Crippen LogP contribution is -2.22. The molecule has 1 aromatic rings. The van der Waals surface area contributed by atoms with E-state index < -0.39 is 24.3 Å². The van der Waals surface area contributed by atoms with E-state index in [9.17, 15) is 18.0 Å². The summed E-state index contributed by atoms with van der Waals surface area (Å²) in [6, 6.07) is 5.57. The Morgan fingerprint density at radius 3 is 2.18 bits per heavy atom. The highest BCUT2D eigenvalue weighted by molar-refractivity contribution is 5.76. The van der Waals surface area contributed by atoms with Crippen LogP contribution in [0.2, 0.25) is 0 Å². The fraction of sp³-hybridized carbons (Fsp3) is 0.417. The number of Topliss-reactive ketones (excluding diaryl/α,β-unsaturated/α-hetero) is 1. The Labute approximate surface area is 97.4 Å². The molecular formula is C12H13F3O2. The molecule has 0 N–H and O–H groups in total. The first-order valence-corrected chi connectivity index (χ1v) is 5.04. The first kappa shape index (κ1) is 13.5. The standard InChI is InChI=1S/C12H13F3O2/c1-8(16)7-11(12(13,14)15)9-3-5-10(17-2)6-4-9/h3-6,11H,7H2,1-2H3/t11-/m0/s1. The topological polar surface area (TPSA) is 26.3 Å². The molecule has 1 rings (SSSR count). The molecule has 5 heteroatoms. The van der Waals surface area contributed by atoms with E-state index in [0.29, 0.717) is 5.75 Å². The van der Waals surface area contributed by atoms with Crippen molar-refractivity contribution >= 4 is 5.78 Å². The third-order valence-corrected chi connectivity index (χ3v) is 2.40. The van der Waals surface area contributed by atoms with Crippen LogP contribution in [0.15, 0.2) is 24.3 Å². The second-order valence-corrected chi connectivity index (χ2v) is 3.77. The maximum atomic E-state index is 12.8. The number of benzene rings is 1. The van der Waals surface area contributed by atoms with Crippen LogP contribution in [0.25, 0.3) is 0 Å². The van der Waals surface area contributed by atoms with Crippen molar-refractivity contribution in [2.24, 2.45) is 0 Å². The summed E-state index contributed by atoms with van der Waals surface area (Å²) in [6.45, 7) is 1.16. The minimum atomic E-state index is -4.42. The van der Waals surface area contributed by atoms with Crippen LogP contribution < -0.4 is 4.74 Å². The molecule has 17 heavy (non-hydrogen) atoms. The van der Waals surface area contributed by atoms with Crippen molar-refractivity contribution in [2.45, 2.75) is 25.4 Å². The molecule has 0 saturated heterocycles. The van der Waals surface area contributed by atoms with Crippen LogP contribution in [0.3, 0.4) is 0 Å². The number of ether oxygens (including phenoxy) is 1. The zero-order valence-corrected chi connectivity index (χ0v) is 9.54. The molecule has 0 amide bonds. The number of alkyl halides is 3. The molecule has 0 bridgehead atoms. The van der Waals surface area contributed by atoms with E-state index >= 15 is 0 Å². The van der Waals surface area contributed by atoms with Gasteiger partial charge >= 0.3 is 6.18 Å². The lowest BCUT2D eigenvalue weighted by Gasteiger charge is -2.19. The maximum Gasteiger partial charge on any atom is 0.396 e. The normalized spacial score (nSPS) is 13.2. The van der Waals surface area contributed by atoms with Gasteiger partial charge in [-0.1, -0.05) is 12.1 Å². The van der Waals surface area contributed by atoms with Gasteiger partial charge in [0.05, 0.1) is 13.0 Å². The number of hydrogen-bond acceptors (Lipinski definition) is 2. The van der Waals surface area contributed by atoms with Crippen LogP contribution in [0.5, 0.6) is 5.75 Å². The first-order valence-electron chi connectivity index (χ1n) is 5.04. The van der Waals surface area contributed by atoms with Crippen LogP contribution in [-0.4, -0.2) is 19.1 Å². The van der Waals surface area contributed by atoms with Gasteiger partial charge in [0, 0.05) is 6.42 Å². The highest BCUT2D eigenvalue weighted by Gasteiger charge is 2.41. The summed E-state index contributed by atoms with van der Waals surface area (Å²) in [4.78, 5) is 10.9. The average molecular weight is 246 g/mol. The van der Waals surface area contributed by atoms with Gasteiger partial charge in [-0.15, -0.1) is 0 Å². The quantitative estimate of drug-likeness (QED) is 0.814. The second kappa shape index (κ2) is 5.21. The lowest BCUT2D eigenvalue weighted by molar-refractivity contribution is -0.156. The molecule has 1 atom stereocenters. The minimum absolute atomic E-state index is 0.0773. The molecule has 1 aromatic carbocycles. The summed E-state index contributed by atoms with van der Waals surface area (Å²) in [6.07, 6.45) is -4.95. The summed E-state index contributed by atoms with van der Waals surface area (Å²) in [5.41, 5.74) is 0.0773. The summed E-state index contributed by atoms with van der Waals surface area (Å²) in [5, 5.41) is 0. The van der Waals surface area contributed by atoms with Crippen molar-refractivity contribution in [2.75, 3.05) is 7.11 Å². The molecule has 0 unspecified atom stereocenters. The molecule has 0 aromatic heterocycles. The van der Waals surface area contributed by atoms with Gasteiger partial charge in [-0.2, -0.15) is 13.2 Å². The smallest absolute Gasteiger partial charge is 0.396 e. The minimum Gasteiger partial charge on any atom is -0.497 e. The molecule has 0 fully saturated rings. The highest BCUT2D eigenvalue weighted by Crippen LogP contribution is 2.37. The number of carbonyl (C=O) groups excluding carboxylic acids is 1. The molecule has 0 saturated carbocycles. The summed E-state index contributed by atoms with van der Waals surface area (Å²) in [7, 11) is 1.44. The lowest BCUT2D eigenvalue weighted by atomic mass is 9.93. The largest absolute Gasteiger partial charge is 0.497 e. The van der Waals surface area contributed by atoms with Crippen molar-refractivity contribution in [1.29, 1.82) is 0 Å². The number of methoxy groups -OCH3 is 1. The van der Waals surface area contributed by atoms with Crippen molar-refractivity contribution in [3.8, 4) is 5.75 Å². The van der Waals surface area contributed by atoms with E-state index in [2.05, 4.69) is 0 Å². The highest BCUT2D eigenvalue weighted by atomic mass is 19.4. The maximum absolute atomic E-state index is 12.8. The van der Waals surface area contributed by atoms with Crippen LogP contribution >= 0.6 is 0 Å². The van der Waals surface area contributed by atoms with Crippen molar-refractivity contribution in [3.05, 3.63) is 29.8 Å². The van der Waals surface area contributed by atoms with E-state index in [0.717, 1.165) is 6.92 Å². The van der Waals surface area contributed by atoms with E-state index in [4.69, 9.17) is 4.74 Å². The number of hydrogen-bond donors (Lipinski definition) is 0. The average Bonchev–Trinajstić information content (AvgIpc) is 2.24. The third-order valence-electron chi connectivity index (χ3n) is 2.40. The molecule has 2 nitrogen and oxygen atoms in total. The first-order chi connectivity index (χ1) is 7.84. The van der Waals surface area contributed by atoms with Gasteiger partial charge in [-0.3, -0.25) is 0 Å². The van der Waals surface area contributed by atoms with Crippen LogP contribution in [0.1, 0.15) is 24.8 Å². The fourth-order valence-corrected chi connectivity index (χ4v) is 1.55. The monoisotopic (exact) mass is 246 g/mol. The number of carbonyl (C=O) groups is 1. The van der Waals surface area contributed by atoms with Crippen molar-refractivity contribution < 1.29 is 22.7 Å². The molecular weight excluding hydrogens is 233 g/mol. The summed E-state index contributed by atoms with van der Waals surface area (Å²) >= 11 is 0. The zero-order valence-electron chi connectivity index (χ0n) is 9.54. The third kappa shape index (κ3) is 3.76. The predicted octanol–water partition coefficient (Wildman–Crippen LogP) is 3.32. The van der Waals surface area contributed by atoms with E-state index in [-0.39, 0.29) is 5.56 Å². The molecule has 0 spiro atoms. The molecule has 0 heterocycles. The molecule has 0 aliphatic heterocycles. The Hall–Kier alpha value is -1.52. The Bertz CT molecular complexity index is 382. The van der Waals surface area contributed by atoms with E-state index in [1.54, 1.807) is 0 Å². The van der Waals surface area contributed by atoms with Gasteiger partial charge in [0.25, 0.3) is 0 Å². The Kier molecular flexibility index (Phi) is 4.15. The van der Waals surface area contributed by atoms with Gasteiger partial charge in [0.15, 0.2) is 0 Å². The summed E-state index contributed by atoms with van der Waals surface area (Å²) in [5.74, 6) is -1.74. The molecule has 0 aliphatic carbocycles. The van der Waals surface area contributed by atoms with E-state index in [1.807, 2.05) is 0 Å². The Morgan fingerprint density at radius 2 is 1.82 bits per heavy atom. The SMILES string of the molecule is COc1ccc([C@H](CC(C)=O)C(F)(F)F)cc1. The van der Waals surface area contributed by atoms with Crippen molar-refractivity contribution in [1.82, 2.24) is 0 Å². The van der Waals surface area contributed by atoms with Crippen LogP contribution in [0.4, 0.5) is 13.2 Å². The number of rotatable bonds is 4. The van der Waals surface area contributed by atoms with Gasteiger partial charge in [0.2, 0.25) is 0 Å². The Morgan fingerprint density at radius 1 is 1.29 bits per heavy atom. The van der Waals surface area contributed by atoms with Gasteiger partial charge in [-0.25, -0.2) is 0 Å². The number of halogens is 3. The van der Waals surface area contributed by atoms with Crippen LogP contribution in [-0.2, 0) is 4.79 Å². The van der Waals surface area contributed by atoms with Crippen molar-refractivity contribution in [3.63, 3.8) is 0 Å². The zero-order chi connectivity index (χ0) is 13.1. The van der Waals surface area contributed by atoms with Gasteiger partial charge in [-0.05, 0) is 24.6 Å². The van der Waals surface area contributed by atoms with Gasteiger partial charge in [0.1, 0.15) is 11.5 Å². The predicted molar refractivity (Wildman–Crippen MR) is 57.1 cm³/mol. The second-order valence-electron chi connectivity index (χ2n) is 3.77. The fourth-order valence-electron chi connectivity index (χ4n) is 1.55. The molecule has 94 valence electrons. The number of ketones is 1. The van der Waals surface area contributed by atoms with Crippen LogP contribution in [0, 0.1) is 0 Å². The van der Waals surface area contributed by atoms with E-state index in [1.165, 1.54) is 31.4 Å². The molecule has 0 aliphatic rings. The summed E-state index contributed by atoms with van der Waals surface area (Å²) < 4.78 is 43.2. The molecule has 0 radical (unpaired) electrons.